The minimum Gasteiger partial charge on any atom is -0.393 e. The van der Waals surface area contributed by atoms with Crippen LogP contribution >= 0.6 is 0 Å². The zero-order chi connectivity index (χ0) is 11.8. The third kappa shape index (κ3) is 3.74. The van der Waals surface area contributed by atoms with Gasteiger partial charge in [-0.05, 0) is 44.4 Å². The number of aliphatic hydroxyl groups is 1. The van der Waals surface area contributed by atoms with Gasteiger partial charge in [-0.1, -0.05) is 13.8 Å². The zero-order valence-corrected chi connectivity index (χ0v) is 11.1. The Morgan fingerprint density at radius 3 is 1.88 bits per heavy atom. The topological polar surface area (TPSA) is 23.5 Å². The highest BCUT2D eigenvalue weighted by molar-refractivity contribution is 4.86. The average Bonchev–Trinajstić information content (AvgIpc) is 2.98. The van der Waals surface area contributed by atoms with Crippen molar-refractivity contribution >= 4 is 0 Å². The van der Waals surface area contributed by atoms with Gasteiger partial charge in [0.1, 0.15) is 0 Å². The number of hydrogen-bond donors (Lipinski definition) is 1. The van der Waals surface area contributed by atoms with Crippen LogP contribution in [0.1, 0.15) is 46.5 Å². The van der Waals surface area contributed by atoms with E-state index in [1.807, 2.05) is 6.92 Å². The van der Waals surface area contributed by atoms with Crippen LogP contribution in [0.15, 0.2) is 0 Å². The van der Waals surface area contributed by atoms with Crippen molar-refractivity contribution < 1.29 is 5.11 Å². The van der Waals surface area contributed by atoms with Gasteiger partial charge in [0.2, 0.25) is 0 Å². The zero-order valence-electron chi connectivity index (χ0n) is 11.1. The van der Waals surface area contributed by atoms with Crippen molar-refractivity contribution in [2.75, 3.05) is 19.6 Å². The van der Waals surface area contributed by atoms with Crippen LogP contribution in [-0.4, -0.2) is 35.7 Å². The number of aliphatic hydroxyl groups excluding tert-OH is 1. The Kier molecular flexibility index (Phi) is 3.60. The Labute approximate surface area is 100 Å². The van der Waals surface area contributed by atoms with Gasteiger partial charge in [-0.2, -0.15) is 0 Å². The van der Waals surface area contributed by atoms with Crippen LogP contribution in [0.5, 0.6) is 0 Å². The second-order valence-electron chi connectivity index (χ2n) is 6.75. The third-order valence-corrected chi connectivity index (χ3v) is 4.19. The van der Waals surface area contributed by atoms with E-state index >= 15 is 0 Å². The molecule has 16 heavy (non-hydrogen) atoms. The van der Waals surface area contributed by atoms with Gasteiger partial charge >= 0.3 is 0 Å². The van der Waals surface area contributed by atoms with Crippen molar-refractivity contribution in [1.82, 2.24) is 4.90 Å². The fourth-order valence-corrected chi connectivity index (χ4v) is 2.24. The maximum Gasteiger partial charge on any atom is 0.0575 e. The molecule has 94 valence electrons. The smallest absolute Gasteiger partial charge is 0.0575 e. The molecule has 2 aliphatic carbocycles. The molecule has 2 saturated carbocycles. The Bertz CT molecular complexity index is 215. The molecule has 1 N–H and O–H groups in total. The van der Waals surface area contributed by atoms with Crippen molar-refractivity contribution in [2.24, 2.45) is 17.3 Å². The lowest BCUT2D eigenvalue weighted by atomic mass is 9.86. The van der Waals surface area contributed by atoms with Crippen LogP contribution in [-0.2, 0) is 0 Å². The summed E-state index contributed by atoms with van der Waals surface area (Å²) in [7, 11) is 0. The van der Waals surface area contributed by atoms with Gasteiger partial charge in [0.05, 0.1) is 6.10 Å². The highest BCUT2D eigenvalue weighted by Crippen LogP contribution is 2.35. The summed E-state index contributed by atoms with van der Waals surface area (Å²) in [6.07, 6.45) is 5.49. The van der Waals surface area contributed by atoms with Crippen LogP contribution < -0.4 is 0 Å². The molecule has 0 bridgehead atoms. The molecule has 2 heteroatoms. The molecular formula is C14H27NO. The number of nitrogens with zero attached hydrogens (tertiary/aromatic N) is 1. The van der Waals surface area contributed by atoms with E-state index < -0.39 is 0 Å². The lowest BCUT2D eigenvalue weighted by Gasteiger charge is -2.35. The van der Waals surface area contributed by atoms with E-state index in [-0.39, 0.29) is 11.5 Å². The lowest BCUT2D eigenvalue weighted by Crippen LogP contribution is -2.42. The first kappa shape index (κ1) is 12.4. The Hall–Kier alpha value is -0.0800. The first-order valence-corrected chi connectivity index (χ1v) is 6.88. The van der Waals surface area contributed by atoms with E-state index in [1.54, 1.807) is 0 Å². The van der Waals surface area contributed by atoms with Gasteiger partial charge in [-0.15, -0.1) is 0 Å². The van der Waals surface area contributed by atoms with Crippen molar-refractivity contribution in [3.8, 4) is 0 Å². The summed E-state index contributed by atoms with van der Waals surface area (Å²) in [5.41, 5.74) is 0.0315. The number of hydrogen-bond acceptors (Lipinski definition) is 2. The molecule has 0 aromatic rings. The van der Waals surface area contributed by atoms with Crippen molar-refractivity contribution in [3.05, 3.63) is 0 Å². The van der Waals surface area contributed by atoms with E-state index in [1.165, 1.54) is 38.8 Å². The standard InChI is InChI=1S/C14H27NO/c1-11(16)14(2,3)10-15(8-12-4-5-12)9-13-6-7-13/h11-13,16H,4-10H2,1-3H3. The maximum atomic E-state index is 9.80. The fourth-order valence-electron chi connectivity index (χ4n) is 2.24. The molecule has 0 amide bonds. The maximum absolute atomic E-state index is 9.80. The van der Waals surface area contributed by atoms with E-state index in [9.17, 15) is 5.11 Å². The molecule has 0 aromatic carbocycles. The van der Waals surface area contributed by atoms with E-state index in [2.05, 4.69) is 18.7 Å². The predicted octanol–water partition coefficient (Wildman–Crippen LogP) is 2.52. The molecular weight excluding hydrogens is 198 g/mol. The van der Waals surface area contributed by atoms with Gasteiger partial charge in [0, 0.05) is 25.0 Å². The summed E-state index contributed by atoms with van der Waals surface area (Å²) in [6.45, 7) is 9.89. The minimum atomic E-state index is -0.214. The Morgan fingerprint density at radius 1 is 1.12 bits per heavy atom. The van der Waals surface area contributed by atoms with Gasteiger partial charge in [0.25, 0.3) is 0 Å². The summed E-state index contributed by atoms with van der Waals surface area (Å²) < 4.78 is 0. The molecule has 2 nitrogen and oxygen atoms in total. The SMILES string of the molecule is CC(O)C(C)(C)CN(CC1CC1)CC1CC1. The second-order valence-corrected chi connectivity index (χ2v) is 6.75. The quantitative estimate of drug-likeness (QED) is 0.719. The van der Waals surface area contributed by atoms with Crippen LogP contribution in [0.3, 0.4) is 0 Å². The third-order valence-electron chi connectivity index (χ3n) is 4.19. The highest BCUT2D eigenvalue weighted by Gasteiger charge is 2.33. The van der Waals surface area contributed by atoms with Crippen molar-refractivity contribution in [3.63, 3.8) is 0 Å². The second kappa shape index (κ2) is 4.66. The summed E-state index contributed by atoms with van der Waals surface area (Å²) >= 11 is 0. The average molecular weight is 225 g/mol. The van der Waals surface area contributed by atoms with Gasteiger partial charge < -0.3 is 10.0 Å². The first-order chi connectivity index (χ1) is 7.47. The molecule has 0 saturated heterocycles. The molecule has 1 unspecified atom stereocenters. The Balaban J connectivity index is 1.83. The van der Waals surface area contributed by atoms with Crippen LogP contribution in [0.4, 0.5) is 0 Å². The summed E-state index contributed by atoms with van der Waals surface area (Å²) in [5, 5.41) is 9.80. The molecule has 0 aromatic heterocycles. The van der Waals surface area contributed by atoms with Gasteiger partial charge in [-0.25, -0.2) is 0 Å². The minimum absolute atomic E-state index is 0.0315. The fraction of sp³-hybridized carbons (Fsp3) is 1.00. The molecule has 0 radical (unpaired) electrons. The van der Waals surface area contributed by atoms with Crippen LogP contribution in [0.2, 0.25) is 0 Å². The van der Waals surface area contributed by atoms with E-state index in [0.29, 0.717) is 0 Å². The van der Waals surface area contributed by atoms with Crippen molar-refractivity contribution in [2.45, 2.75) is 52.6 Å². The summed E-state index contributed by atoms with van der Waals surface area (Å²) in [4.78, 5) is 2.61. The normalized spacial score (nSPS) is 23.8. The molecule has 0 heterocycles. The summed E-state index contributed by atoms with van der Waals surface area (Å²) in [6, 6.07) is 0. The molecule has 2 aliphatic rings. The molecule has 1 atom stereocenters. The molecule has 0 aliphatic heterocycles. The predicted molar refractivity (Wildman–Crippen MR) is 67.3 cm³/mol. The molecule has 2 rings (SSSR count). The van der Waals surface area contributed by atoms with E-state index in [4.69, 9.17) is 0 Å². The van der Waals surface area contributed by atoms with Crippen molar-refractivity contribution in [1.29, 1.82) is 0 Å². The molecule has 0 spiro atoms. The lowest BCUT2D eigenvalue weighted by molar-refractivity contribution is 0.0319. The van der Waals surface area contributed by atoms with Gasteiger partial charge in [-0.3, -0.25) is 0 Å². The number of rotatable bonds is 7. The monoisotopic (exact) mass is 225 g/mol. The highest BCUT2D eigenvalue weighted by atomic mass is 16.3. The Morgan fingerprint density at radius 2 is 1.56 bits per heavy atom. The summed E-state index contributed by atoms with van der Waals surface area (Å²) in [5.74, 6) is 1.92. The van der Waals surface area contributed by atoms with Crippen LogP contribution in [0.25, 0.3) is 0 Å². The van der Waals surface area contributed by atoms with E-state index in [0.717, 1.165) is 18.4 Å². The van der Waals surface area contributed by atoms with Crippen LogP contribution in [0, 0.1) is 17.3 Å². The largest absolute Gasteiger partial charge is 0.393 e. The first-order valence-electron chi connectivity index (χ1n) is 6.88. The molecule has 2 fully saturated rings. The van der Waals surface area contributed by atoms with Gasteiger partial charge in [0.15, 0.2) is 0 Å².